The third kappa shape index (κ3) is 5.06. The average molecular weight is 366 g/mol. The van der Waals surface area contributed by atoms with Gasteiger partial charge in [0.2, 0.25) is 0 Å². The van der Waals surface area contributed by atoms with Crippen LogP contribution in [0.1, 0.15) is 6.42 Å². The molecule has 9 heteroatoms. The van der Waals surface area contributed by atoms with Crippen molar-refractivity contribution in [2.45, 2.75) is 12.5 Å². The number of aliphatic carboxylic acids is 2. The van der Waals surface area contributed by atoms with Crippen molar-refractivity contribution in [3.63, 3.8) is 0 Å². The third-order valence-corrected chi connectivity index (χ3v) is 3.05. The molecule has 1 unspecified atom stereocenters. The molecule has 0 aliphatic rings. The van der Waals surface area contributed by atoms with E-state index in [0.29, 0.717) is 15.2 Å². The number of anilines is 1. The van der Waals surface area contributed by atoms with E-state index in [9.17, 15) is 14.4 Å². The fourth-order valence-electron chi connectivity index (χ4n) is 1.28. The van der Waals surface area contributed by atoms with Gasteiger partial charge < -0.3 is 20.8 Å². The number of urea groups is 1. The van der Waals surface area contributed by atoms with Gasteiger partial charge in [0.25, 0.3) is 0 Å². The maximum Gasteiger partial charge on any atom is 0.326 e. The van der Waals surface area contributed by atoms with Gasteiger partial charge in [-0.1, -0.05) is 11.6 Å². The van der Waals surface area contributed by atoms with Gasteiger partial charge >= 0.3 is 18.0 Å². The third-order valence-electron chi connectivity index (χ3n) is 2.16. The molecule has 0 spiro atoms. The second kappa shape index (κ2) is 7.11. The van der Waals surface area contributed by atoms with E-state index < -0.39 is 30.4 Å². The lowest BCUT2D eigenvalue weighted by Gasteiger charge is -2.14. The van der Waals surface area contributed by atoms with Crippen LogP contribution in [0.2, 0.25) is 5.02 Å². The van der Waals surface area contributed by atoms with Gasteiger partial charge in [-0.15, -0.1) is 0 Å². The number of carboxylic acid groups (broad SMARTS) is 2. The number of amides is 2. The Kier molecular flexibility index (Phi) is 5.78. The molecule has 0 saturated heterocycles. The Labute approximate surface area is 127 Å². The van der Waals surface area contributed by atoms with Crippen molar-refractivity contribution in [1.82, 2.24) is 5.32 Å². The fraction of sp³-hybridized carbons (Fsp3) is 0.182. The zero-order chi connectivity index (χ0) is 15.3. The van der Waals surface area contributed by atoms with Crippen LogP contribution in [0.3, 0.4) is 0 Å². The van der Waals surface area contributed by atoms with Crippen molar-refractivity contribution in [3.8, 4) is 0 Å². The van der Waals surface area contributed by atoms with E-state index in [4.69, 9.17) is 21.8 Å². The van der Waals surface area contributed by atoms with Crippen LogP contribution in [0, 0.1) is 0 Å². The summed E-state index contributed by atoms with van der Waals surface area (Å²) in [6.07, 6.45) is -0.718. The summed E-state index contributed by atoms with van der Waals surface area (Å²) in [7, 11) is 0. The molecule has 1 rings (SSSR count). The van der Waals surface area contributed by atoms with Gasteiger partial charge in [-0.3, -0.25) is 4.79 Å². The summed E-state index contributed by atoms with van der Waals surface area (Å²) in [6.45, 7) is 0. The number of carbonyl (C=O) groups is 3. The molecule has 2 amide bonds. The Morgan fingerprint density at radius 2 is 1.95 bits per heavy atom. The molecular weight excluding hydrogens is 355 g/mol. The second-order valence-corrected chi connectivity index (χ2v) is 5.00. The minimum Gasteiger partial charge on any atom is -0.481 e. The molecule has 1 atom stereocenters. The zero-order valence-electron chi connectivity index (χ0n) is 9.89. The highest BCUT2D eigenvalue weighted by Gasteiger charge is 2.23. The van der Waals surface area contributed by atoms with Crippen LogP contribution in [0.15, 0.2) is 22.7 Å². The highest BCUT2D eigenvalue weighted by Crippen LogP contribution is 2.25. The normalized spacial score (nSPS) is 11.5. The molecule has 108 valence electrons. The molecule has 7 nitrogen and oxygen atoms in total. The van der Waals surface area contributed by atoms with E-state index in [1.165, 1.54) is 12.1 Å². The first-order valence-corrected chi connectivity index (χ1v) is 6.44. The lowest BCUT2D eigenvalue weighted by molar-refractivity contribution is -0.145. The Hall–Kier alpha value is -1.80. The van der Waals surface area contributed by atoms with Crippen LogP contribution < -0.4 is 10.6 Å². The second-order valence-electron chi connectivity index (χ2n) is 3.71. The molecule has 0 fully saturated rings. The summed E-state index contributed by atoms with van der Waals surface area (Å²) in [5.74, 6) is -2.76. The van der Waals surface area contributed by atoms with Gasteiger partial charge in [-0.05, 0) is 34.1 Å². The first-order chi connectivity index (χ1) is 9.29. The van der Waals surface area contributed by atoms with E-state index >= 15 is 0 Å². The highest BCUT2D eigenvalue weighted by atomic mass is 79.9. The summed E-state index contributed by atoms with van der Waals surface area (Å²) in [4.78, 5) is 32.9. The lowest BCUT2D eigenvalue weighted by atomic mass is 10.2. The molecule has 4 N–H and O–H groups in total. The minimum absolute atomic E-state index is 0.367. The molecule has 0 aromatic heterocycles. The SMILES string of the molecule is O=C(O)CC(NC(=O)Nc1ccc(Cl)cc1Br)C(=O)O. The molecular formula is C11H10BrClN2O5. The van der Waals surface area contributed by atoms with Crippen molar-refractivity contribution in [3.05, 3.63) is 27.7 Å². The Morgan fingerprint density at radius 3 is 2.45 bits per heavy atom. The lowest BCUT2D eigenvalue weighted by Crippen LogP contribution is -2.44. The van der Waals surface area contributed by atoms with E-state index in [-0.39, 0.29) is 0 Å². The number of halogens is 2. The molecule has 20 heavy (non-hydrogen) atoms. The fourth-order valence-corrected chi connectivity index (χ4v) is 2.06. The van der Waals surface area contributed by atoms with E-state index in [1.54, 1.807) is 6.07 Å². The highest BCUT2D eigenvalue weighted by molar-refractivity contribution is 9.10. The van der Waals surface area contributed by atoms with Crippen LogP contribution >= 0.6 is 27.5 Å². The quantitative estimate of drug-likeness (QED) is 0.638. The summed E-state index contributed by atoms with van der Waals surface area (Å²) >= 11 is 8.91. The van der Waals surface area contributed by atoms with Crippen molar-refractivity contribution in [1.29, 1.82) is 0 Å². The van der Waals surface area contributed by atoms with Gasteiger partial charge in [0, 0.05) is 9.50 Å². The summed E-state index contributed by atoms with van der Waals surface area (Å²) < 4.78 is 0.505. The predicted octanol–water partition coefficient (Wildman–Crippen LogP) is 2.15. The van der Waals surface area contributed by atoms with Crippen LogP contribution in [-0.4, -0.2) is 34.2 Å². The average Bonchev–Trinajstić information content (AvgIpc) is 2.31. The van der Waals surface area contributed by atoms with Crippen molar-refractivity contribution in [2.75, 3.05) is 5.32 Å². The number of carboxylic acids is 2. The van der Waals surface area contributed by atoms with Crippen molar-refractivity contribution in [2.24, 2.45) is 0 Å². The minimum atomic E-state index is -1.52. The standard InChI is InChI=1S/C11H10BrClN2O5/c12-6-3-5(13)1-2-7(6)14-11(20)15-8(10(18)19)4-9(16)17/h1-3,8H,4H2,(H,16,17)(H,18,19)(H2,14,15,20). The van der Waals surface area contributed by atoms with E-state index in [0.717, 1.165) is 0 Å². The molecule has 1 aromatic carbocycles. The Bertz CT molecular complexity index is 552. The van der Waals surface area contributed by atoms with E-state index in [1.807, 2.05) is 0 Å². The van der Waals surface area contributed by atoms with Crippen LogP contribution in [0.25, 0.3) is 0 Å². The van der Waals surface area contributed by atoms with Crippen LogP contribution in [0.5, 0.6) is 0 Å². The molecule has 0 bridgehead atoms. The smallest absolute Gasteiger partial charge is 0.326 e. The van der Waals surface area contributed by atoms with Gasteiger partial charge in [-0.2, -0.15) is 0 Å². The topological polar surface area (TPSA) is 116 Å². The molecule has 0 heterocycles. The molecule has 0 radical (unpaired) electrons. The van der Waals surface area contributed by atoms with Crippen LogP contribution in [-0.2, 0) is 9.59 Å². The summed E-state index contributed by atoms with van der Waals surface area (Å²) in [5, 5.41) is 22.2. The van der Waals surface area contributed by atoms with Crippen LogP contribution in [0.4, 0.5) is 10.5 Å². The summed E-state index contributed by atoms with van der Waals surface area (Å²) in [6, 6.07) is 2.25. The maximum atomic E-state index is 11.6. The molecule has 0 saturated carbocycles. The monoisotopic (exact) mass is 364 g/mol. The number of nitrogens with one attached hydrogen (secondary N) is 2. The maximum absolute atomic E-state index is 11.6. The number of hydrogen-bond acceptors (Lipinski definition) is 3. The number of carbonyl (C=O) groups excluding carboxylic acids is 1. The first-order valence-electron chi connectivity index (χ1n) is 5.26. The van der Waals surface area contributed by atoms with Crippen molar-refractivity contribution < 1.29 is 24.6 Å². The Balaban J connectivity index is 2.70. The van der Waals surface area contributed by atoms with Gasteiger partial charge in [0.1, 0.15) is 6.04 Å². The first kappa shape index (κ1) is 16.3. The zero-order valence-corrected chi connectivity index (χ0v) is 12.2. The number of rotatable bonds is 5. The van der Waals surface area contributed by atoms with Gasteiger partial charge in [0.15, 0.2) is 0 Å². The molecule has 1 aromatic rings. The largest absolute Gasteiger partial charge is 0.481 e. The number of hydrogen-bond donors (Lipinski definition) is 4. The van der Waals surface area contributed by atoms with E-state index in [2.05, 4.69) is 26.6 Å². The Morgan fingerprint density at radius 1 is 1.30 bits per heavy atom. The van der Waals surface area contributed by atoms with Crippen molar-refractivity contribution >= 4 is 51.2 Å². The molecule has 0 aliphatic carbocycles. The predicted molar refractivity (Wildman–Crippen MR) is 75.0 cm³/mol. The van der Waals surface area contributed by atoms with Gasteiger partial charge in [0.05, 0.1) is 12.1 Å². The molecule has 0 aliphatic heterocycles. The van der Waals surface area contributed by atoms with Gasteiger partial charge in [-0.25, -0.2) is 9.59 Å². The summed E-state index contributed by atoms with van der Waals surface area (Å²) in [5.41, 5.74) is 0.367. The number of benzene rings is 1.